The summed E-state index contributed by atoms with van der Waals surface area (Å²) in [5, 5.41) is 4.24. The molecule has 0 saturated carbocycles. The number of sulfonamides is 1. The van der Waals surface area contributed by atoms with Crippen molar-refractivity contribution >= 4 is 50.9 Å². The van der Waals surface area contributed by atoms with Gasteiger partial charge in [0.15, 0.2) is 0 Å². The quantitative estimate of drug-likeness (QED) is 0.530. The van der Waals surface area contributed by atoms with Crippen LogP contribution in [0.15, 0.2) is 47.4 Å². The molecule has 1 fully saturated rings. The summed E-state index contributed by atoms with van der Waals surface area (Å²) >= 11 is 13.8. The highest BCUT2D eigenvalue weighted by Gasteiger charge is 2.31. The lowest BCUT2D eigenvalue weighted by atomic mass is 9.97. The van der Waals surface area contributed by atoms with Gasteiger partial charge in [0.25, 0.3) is 0 Å². The van der Waals surface area contributed by atoms with Gasteiger partial charge in [-0.2, -0.15) is 16.1 Å². The molecular weight excluding hydrogens is 475 g/mol. The van der Waals surface area contributed by atoms with E-state index in [1.807, 2.05) is 19.1 Å². The summed E-state index contributed by atoms with van der Waals surface area (Å²) in [7, 11) is -3.51. The lowest BCUT2D eigenvalue weighted by Crippen LogP contribution is -2.43. The standard InChI is InChI=1S/C22H26Cl2N2O3S2/c1-16-2-6-20(7-3-16)31(28,29)26-11-8-17(9-12-26)22(27)25-10-13-30-15-18-4-5-19(23)14-21(18)24/h2-7,14,17H,8-13,15H2,1H3,(H,25,27). The zero-order chi connectivity index (χ0) is 22.4. The van der Waals surface area contributed by atoms with Crippen molar-refractivity contribution in [3.05, 3.63) is 63.6 Å². The van der Waals surface area contributed by atoms with Crippen LogP contribution in [-0.4, -0.2) is 44.0 Å². The number of benzene rings is 2. The van der Waals surface area contributed by atoms with Crippen LogP contribution >= 0.6 is 35.0 Å². The molecule has 0 spiro atoms. The molecule has 1 aliphatic heterocycles. The van der Waals surface area contributed by atoms with Gasteiger partial charge in [0.2, 0.25) is 15.9 Å². The van der Waals surface area contributed by atoms with Gasteiger partial charge < -0.3 is 5.32 Å². The average Bonchev–Trinajstić information content (AvgIpc) is 2.75. The zero-order valence-electron chi connectivity index (χ0n) is 17.3. The van der Waals surface area contributed by atoms with Crippen LogP contribution in [0.3, 0.4) is 0 Å². The molecule has 0 aliphatic carbocycles. The van der Waals surface area contributed by atoms with E-state index in [9.17, 15) is 13.2 Å². The smallest absolute Gasteiger partial charge is 0.243 e. The number of rotatable bonds is 8. The fourth-order valence-electron chi connectivity index (χ4n) is 3.43. The minimum Gasteiger partial charge on any atom is -0.355 e. The Bertz CT molecular complexity index is 1010. The van der Waals surface area contributed by atoms with Gasteiger partial charge in [-0.05, 0) is 49.6 Å². The molecule has 0 radical (unpaired) electrons. The van der Waals surface area contributed by atoms with Gasteiger partial charge >= 0.3 is 0 Å². The third-order valence-corrected chi connectivity index (χ3v) is 8.81. The van der Waals surface area contributed by atoms with Gasteiger partial charge in [0.05, 0.1) is 4.90 Å². The second kappa shape index (κ2) is 11.1. The van der Waals surface area contributed by atoms with Crippen molar-refractivity contribution in [2.45, 2.75) is 30.4 Å². The number of aryl methyl sites for hydroxylation is 1. The van der Waals surface area contributed by atoms with Crippen LogP contribution in [0.25, 0.3) is 0 Å². The number of carbonyl (C=O) groups is 1. The summed E-state index contributed by atoms with van der Waals surface area (Å²) in [5.74, 6) is 1.37. The molecule has 3 rings (SSSR count). The normalized spacial score (nSPS) is 15.7. The Kier molecular flexibility index (Phi) is 8.70. The first-order valence-electron chi connectivity index (χ1n) is 10.1. The van der Waals surface area contributed by atoms with Crippen LogP contribution in [0.5, 0.6) is 0 Å². The predicted octanol–water partition coefficient (Wildman–Crippen LogP) is 4.75. The van der Waals surface area contributed by atoms with Crippen LogP contribution in [-0.2, 0) is 20.6 Å². The molecule has 2 aromatic rings. The summed E-state index contributed by atoms with van der Waals surface area (Å²) in [5.41, 5.74) is 2.04. The van der Waals surface area contributed by atoms with Crippen molar-refractivity contribution in [2.24, 2.45) is 5.92 Å². The van der Waals surface area contributed by atoms with Crippen LogP contribution in [0.2, 0.25) is 10.0 Å². The molecule has 0 unspecified atom stereocenters. The molecule has 1 N–H and O–H groups in total. The summed E-state index contributed by atoms with van der Waals surface area (Å²) in [6.45, 7) is 3.21. The van der Waals surface area contributed by atoms with E-state index in [-0.39, 0.29) is 11.8 Å². The van der Waals surface area contributed by atoms with E-state index >= 15 is 0 Å². The molecule has 1 saturated heterocycles. The number of nitrogens with one attached hydrogen (secondary N) is 1. The van der Waals surface area contributed by atoms with Crippen LogP contribution in [0.4, 0.5) is 0 Å². The fraction of sp³-hybridized carbons (Fsp3) is 0.409. The summed E-state index contributed by atoms with van der Waals surface area (Å²) < 4.78 is 27.0. The van der Waals surface area contributed by atoms with E-state index in [2.05, 4.69) is 5.32 Å². The lowest BCUT2D eigenvalue weighted by molar-refractivity contribution is -0.125. The molecule has 0 aromatic heterocycles. The third kappa shape index (κ3) is 6.62. The molecule has 1 aliphatic rings. The monoisotopic (exact) mass is 500 g/mol. The molecule has 1 heterocycles. The van der Waals surface area contributed by atoms with Crippen molar-refractivity contribution in [1.29, 1.82) is 0 Å². The van der Waals surface area contributed by atoms with Crippen molar-refractivity contribution in [2.75, 3.05) is 25.4 Å². The van der Waals surface area contributed by atoms with Gasteiger partial charge in [-0.1, -0.05) is 47.0 Å². The number of nitrogens with zero attached hydrogens (tertiary/aromatic N) is 1. The summed E-state index contributed by atoms with van der Waals surface area (Å²) in [4.78, 5) is 12.8. The minimum absolute atomic E-state index is 0.00231. The van der Waals surface area contributed by atoms with Crippen molar-refractivity contribution in [1.82, 2.24) is 9.62 Å². The molecule has 0 atom stereocenters. The zero-order valence-corrected chi connectivity index (χ0v) is 20.5. The minimum atomic E-state index is -3.51. The van der Waals surface area contributed by atoms with E-state index in [4.69, 9.17) is 23.2 Å². The highest BCUT2D eigenvalue weighted by Crippen LogP contribution is 2.25. The van der Waals surface area contributed by atoms with E-state index in [0.29, 0.717) is 47.4 Å². The average molecular weight is 502 g/mol. The SMILES string of the molecule is Cc1ccc(S(=O)(=O)N2CCC(C(=O)NCCSCc3ccc(Cl)cc3Cl)CC2)cc1. The Morgan fingerprint density at radius 2 is 1.81 bits per heavy atom. The van der Waals surface area contributed by atoms with E-state index in [1.54, 1.807) is 42.1 Å². The maximum absolute atomic E-state index is 12.8. The Morgan fingerprint density at radius 3 is 2.45 bits per heavy atom. The van der Waals surface area contributed by atoms with Gasteiger partial charge in [-0.15, -0.1) is 0 Å². The maximum Gasteiger partial charge on any atom is 0.243 e. The third-order valence-electron chi connectivity index (χ3n) is 5.30. The Balaban J connectivity index is 1.39. The largest absolute Gasteiger partial charge is 0.355 e. The van der Waals surface area contributed by atoms with Gasteiger partial charge in [-0.25, -0.2) is 8.42 Å². The van der Waals surface area contributed by atoms with Crippen LogP contribution in [0.1, 0.15) is 24.0 Å². The van der Waals surface area contributed by atoms with Gasteiger partial charge in [0.1, 0.15) is 0 Å². The number of carbonyl (C=O) groups excluding carboxylic acids is 1. The number of hydrogen-bond donors (Lipinski definition) is 1. The first-order valence-corrected chi connectivity index (χ1v) is 13.5. The number of amides is 1. The van der Waals surface area contributed by atoms with E-state index < -0.39 is 10.0 Å². The Morgan fingerprint density at radius 1 is 1.13 bits per heavy atom. The highest BCUT2D eigenvalue weighted by molar-refractivity contribution is 7.98. The first-order chi connectivity index (χ1) is 14.8. The molecule has 9 heteroatoms. The molecule has 168 valence electrons. The number of hydrogen-bond acceptors (Lipinski definition) is 4. The highest BCUT2D eigenvalue weighted by atomic mass is 35.5. The van der Waals surface area contributed by atoms with Crippen LogP contribution in [0, 0.1) is 12.8 Å². The molecule has 1 amide bonds. The summed E-state index contributed by atoms with van der Waals surface area (Å²) in [6.07, 6.45) is 1.06. The number of piperidine rings is 1. The molecule has 5 nitrogen and oxygen atoms in total. The van der Waals surface area contributed by atoms with Crippen LogP contribution < -0.4 is 5.32 Å². The first kappa shape index (κ1) is 24.4. The Labute approximate surface area is 198 Å². The number of thioether (sulfide) groups is 1. The van der Waals surface area contributed by atoms with E-state index in [1.165, 1.54) is 4.31 Å². The van der Waals surface area contributed by atoms with Gasteiger partial charge in [0, 0.05) is 47.1 Å². The molecule has 31 heavy (non-hydrogen) atoms. The van der Waals surface area contributed by atoms with E-state index in [0.717, 1.165) is 22.6 Å². The van der Waals surface area contributed by atoms with Crippen molar-refractivity contribution in [3.8, 4) is 0 Å². The maximum atomic E-state index is 12.8. The van der Waals surface area contributed by atoms with Gasteiger partial charge in [-0.3, -0.25) is 4.79 Å². The topological polar surface area (TPSA) is 66.5 Å². The molecular formula is C22H26Cl2N2O3S2. The summed E-state index contributed by atoms with van der Waals surface area (Å²) in [6, 6.07) is 12.3. The molecule has 2 aromatic carbocycles. The van der Waals surface area contributed by atoms with Crippen molar-refractivity contribution < 1.29 is 13.2 Å². The number of halogens is 2. The predicted molar refractivity (Wildman–Crippen MR) is 128 cm³/mol. The second-order valence-electron chi connectivity index (χ2n) is 7.57. The lowest BCUT2D eigenvalue weighted by Gasteiger charge is -2.30. The Hall–Kier alpha value is -1.25. The molecule has 0 bridgehead atoms. The second-order valence-corrected chi connectivity index (χ2v) is 11.5. The fourth-order valence-corrected chi connectivity index (χ4v) is 6.32. The van der Waals surface area contributed by atoms with Crippen molar-refractivity contribution in [3.63, 3.8) is 0 Å².